The summed E-state index contributed by atoms with van der Waals surface area (Å²) in [6.07, 6.45) is 37.9. The number of nitrogens with two attached hydrogens (primary N) is 1. The molecule has 9 nitrogen and oxygen atoms in total. The van der Waals surface area contributed by atoms with E-state index >= 15 is 0 Å². The van der Waals surface area contributed by atoms with E-state index in [1.807, 2.05) is 0 Å². The van der Waals surface area contributed by atoms with Crippen LogP contribution in [-0.4, -0.2) is 49.3 Å². The van der Waals surface area contributed by atoms with Crippen LogP contribution in [0.5, 0.6) is 0 Å². The predicted octanol–water partition coefficient (Wildman–Crippen LogP) is 11.2. The van der Waals surface area contributed by atoms with Gasteiger partial charge < -0.3 is 20.1 Å². The van der Waals surface area contributed by atoms with Gasteiger partial charge in [0.15, 0.2) is 6.10 Å². The highest BCUT2D eigenvalue weighted by Crippen LogP contribution is 2.43. The lowest BCUT2D eigenvalue weighted by Crippen LogP contribution is -2.29. The van der Waals surface area contributed by atoms with E-state index in [9.17, 15) is 19.0 Å². The van der Waals surface area contributed by atoms with E-state index in [0.29, 0.717) is 6.42 Å². The first-order valence-corrected chi connectivity index (χ1v) is 21.8. The number of phosphoric acid groups is 1. The molecule has 0 rings (SSSR count). The Morgan fingerprint density at radius 2 is 1.02 bits per heavy atom. The summed E-state index contributed by atoms with van der Waals surface area (Å²) in [5.74, 6) is -0.841. The number of phosphoric ester groups is 1. The van der Waals surface area contributed by atoms with Crippen molar-refractivity contribution < 1.29 is 37.6 Å². The molecule has 0 bridgehead atoms. The van der Waals surface area contributed by atoms with Crippen LogP contribution < -0.4 is 5.73 Å². The van der Waals surface area contributed by atoms with Gasteiger partial charge in [0.05, 0.1) is 13.2 Å². The lowest BCUT2D eigenvalue weighted by molar-refractivity contribution is -0.161. The van der Waals surface area contributed by atoms with Gasteiger partial charge in [0.1, 0.15) is 6.61 Å². The Kier molecular flexibility index (Phi) is 36.1. The average Bonchev–Trinajstić information content (AvgIpc) is 3.10. The molecule has 0 fully saturated rings. The van der Waals surface area contributed by atoms with Crippen LogP contribution in [0.25, 0.3) is 0 Å². The van der Waals surface area contributed by atoms with Gasteiger partial charge >= 0.3 is 19.8 Å². The molecule has 50 heavy (non-hydrogen) atoms. The summed E-state index contributed by atoms with van der Waals surface area (Å²) in [6, 6.07) is 0. The molecule has 0 saturated heterocycles. The molecule has 0 aromatic carbocycles. The van der Waals surface area contributed by atoms with Crippen LogP contribution in [-0.2, 0) is 32.7 Å². The number of ether oxygens (including phenoxy) is 2. The summed E-state index contributed by atoms with van der Waals surface area (Å²) in [4.78, 5) is 34.7. The number of carbonyl (C=O) groups is 2. The maximum atomic E-state index is 12.5. The van der Waals surface area contributed by atoms with Crippen molar-refractivity contribution in [2.45, 2.75) is 193 Å². The van der Waals surface area contributed by atoms with E-state index in [1.54, 1.807) is 0 Å². The van der Waals surface area contributed by atoms with Gasteiger partial charge in [-0.2, -0.15) is 0 Å². The molecule has 0 saturated carbocycles. The SMILES string of the molecule is CCC/C=C\CCCCCCCC(=O)OCC(COP(=O)(O)OCCN)OC(=O)CCCCCCCCCCC/C=C\CCCCCCCC. The van der Waals surface area contributed by atoms with Gasteiger partial charge in [-0.25, -0.2) is 4.57 Å². The smallest absolute Gasteiger partial charge is 0.462 e. The summed E-state index contributed by atoms with van der Waals surface area (Å²) in [5.41, 5.74) is 5.33. The highest BCUT2D eigenvalue weighted by atomic mass is 31.2. The van der Waals surface area contributed by atoms with Gasteiger partial charge in [-0.1, -0.05) is 141 Å². The van der Waals surface area contributed by atoms with Crippen LogP contribution in [0.3, 0.4) is 0 Å². The number of hydrogen-bond acceptors (Lipinski definition) is 8. The Labute approximate surface area is 306 Å². The van der Waals surface area contributed by atoms with E-state index in [-0.39, 0.29) is 32.6 Å². The third kappa shape index (κ3) is 36.3. The van der Waals surface area contributed by atoms with Crippen LogP contribution in [0.1, 0.15) is 187 Å². The van der Waals surface area contributed by atoms with Crippen molar-refractivity contribution in [2.75, 3.05) is 26.4 Å². The number of carbonyl (C=O) groups excluding carboxylic acids is 2. The first kappa shape index (κ1) is 48.5. The van der Waals surface area contributed by atoms with Gasteiger partial charge in [0.25, 0.3) is 0 Å². The predicted molar refractivity (Wildman–Crippen MR) is 206 cm³/mol. The Hall–Kier alpha value is -1.51. The van der Waals surface area contributed by atoms with Crippen molar-refractivity contribution in [2.24, 2.45) is 5.73 Å². The maximum Gasteiger partial charge on any atom is 0.472 e. The Bertz CT molecular complexity index is 881. The van der Waals surface area contributed by atoms with E-state index in [0.717, 1.165) is 64.2 Å². The molecule has 0 aliphatic rings. The second-order valence-electron chi connectivity index (χ2n) is 13.5. The minimum atomic E-state index is -4.37. The molecular weight excluding hydrogens is 653 g/mol. The summed E-state index contributed by atoms with van der Waals surface area (Å²) < 4.78 is 32.6. The number of rotatable bonds is 38. The minimum absolute atomic E-state index is 0.0528. The van der Waals surface area contributed by atoms with E-state index < -0.39 is 32.5 Å². The summed E-state index contributed by atoms with van der Waals surface area (Å²) in [6.45, 7) is 3.65. The zero-order valence-corrected chi connectivity index (χ0v) is 33.0. The molecule has 0 radical (unpaired) electrons. The lowest BCUT2D eigenvalue weighted by atomic mass is 10.1. The quantitative estimate of drug-likeness (QED) is 0.0275. The van der Waals surface area contributed by atoms with Crippen molar-refractivity contribution in [3.05, 3.63) is 24.3 Å². The van der Waals surface area contributed by atoms with Crippen LogP contribution in [0.15, 0.2) is 24.3 Å². The normalized spacial score (nSPS) is 13.6. The molecule has 3 N–H and O–H groups in total. The molecule has 10 heteroatoms. The molecule has 2 unspecified atom stereocenters. The molecule has 0 aromatic rings. The van der Waals surface area contributed by atoms with Crippen molar-refractivity contribution in [1.29, 1.82) is 0 Å². The first-order valence-electron chi connectivity index (χ1n) is 20.3. The molecule has 2 atom stereocenters. The Balaban J connectivity index is 4.13. The molecule has 0 amide bonds. The fourth-order valence-electron chi connectivity index (χ4n) is 5.51. The van der Waals surface area contributed by atoms with Crippen LogP contribution in [0.2, 0.25) is 0 Å². The van der Waals surface area contributed by atoms with E-state index in [2.05, 4.69) is 38.2 Å². The Morgan fingerprint density at radius 1 is 0.580 bits per heavy atom. The zero-order valence-electron chi connectivity index (χ0n) is 32.1. The number of esters is 2. The van der Waals surface area contributed by atoms with Gasteiger partial charge in [0.2, 0.25) is 0 Å². The van der Waals surface area contributed by atoms with Gasteiger partial charge in [-0.15, -0.1) is 0 Å². The molecule has 294 valence electrons. The van der Waals surface area contributed by atoms with Gasteiger partial charge in [-0.05, 0) is 57.8 Å². The Morgan fingerprint density at radius 3 is 1.50 bits per heavy atom. The lowest BCUT2D eigenvalue weighted by Gasteiger charge is -2.19. The third-order valence-corrected chi connectivity index (χ3v) is 9.52. The summed E-state index contributed by atoms with van der Waals surface area (Å²) in [5, 5.41) is 0. The number of allylic oxidation sites excluding steroid dienone is 4. The fraction of sp³-hybridized carbons (Fsp3) is 0.850. The van der Waals surface area contributed by atoms with Gasteiger partial charge in [-0.3, -0.25) is 18.6 Å². The molecule has 0 aliphatic carbocycles. The van der Waals surface area contributed by atoms with Crippen molar-refractivity contribution >= 4 is 19.8 Å². The highest BCUT2D eigenvalue weighted by molar-refractivity contribution is 7.47. The number of unbranched alkanes of at least 4 members (excludes halogenated alkanes) is 21. The standard InChI is InChI=1S/C40H76NO8P/c1-3-5-7-9-11-13-15-16-17-18-19-20-21-22-23-25-27-29-31-33-40(43)49-38(37-48-50(44,45)47-35-34-41)36-46-39(42)32-30-28-26-24-14-12-10-8-6-4-2/h8,10,16-17,38H,3-7,9,11-15,18-37,41H2,1-2H3,(H,44,45)/b10-8-,17-16-. The van der Waals surface area contributed by atoms with Crippen molar-refractivity contribution in [1.82, 2.24) is 0 Å². The zero-order chi connectivity index (χ0) is 36.8. The number of hydrogen-bond donors (Lipinski definition) is 2. The highest BCUT2D eigenvalue weighted by Gasteiger charge is 2.26. The average molecular weight is 730 g/mol. The minimum Gasteiger partial charge on any atom is -0.462 e. The summed E-state index contributed by atoms with van der Waals surface area (Å²) in [7, 11) is -4.37. The van der Waals surface area contributed by atoms with Crippen molar-refractivity contribution in [3.8, 4) is 0 Å². The topological polar surface area (TPSA) is 134 Å². The largest absolute Gasteiger partial charge is 0.472 e. The van der Waals surface area contributed by atoms with Crippen LogP contribution in [0.4, 0.5) is 0 Å². The van der Waals surface area contributed by atoms with Crippen LogP contribution >= 0.6 is 7.82 Å². The van der Waals surface area contributed by atoms with Gasteiger partial charge in [0, 0.05) is 19.4 Å². The molecule has 0 heterocycles. The molecule has 0 aliphatic heterocycles. The van der Waals surface area contributed by atoms with Crippen LogP contribution in [0, 0.1) is 0 Å². The summed E-state index contributed by atoms with van der Waals surface area (Å²) >= 11 is 0. The monoisotopic (exact) mass is 730 g/mol. The van der Waals surface area contributed by atoms with E-state index in [1.165, 1.54) is 89.9 Å². The third-order valence-electron chi connectivity index (χ3n) is 8.54. The second kappa shape index (κ2) is 37.3. The fourth-order valence-corrected chi connectivity index (χ4v) is 6.28. The maximum absolute atomic E-state index is 12.5. The van der Waals surface area contributed by atoms with Crippen molar-refractivity contribution in [3.63, 3.8) is 0 Å². The van der Waals surface area contributed by atoms with E-state index in [4.69, 9.17) is 24.3 Å². The molecule has 0 spiro atoms. The first-order chi connectivity index (χ1) is 24.3. The molecule has 0 aromatic heterocycles. The second-order valence-corrected chi connectivity index (χ2v) is 14.9. The molecular formula is C40H76NO8P.